The smallest absolute Gasteiger partial charge is 0.222 e. The average Bonchev–Trinajstić information content (AvgIpc) is 3.21. The highest BCUT2D eigenvalue weighted by Gasteiger charge is 2.47. The van der Waals surface area contributed by atoms with Crippen molar-refractivity contribution in [2.24, 2.45) is 0 Å². The molecule has 0 bridgehead atoms. The van der Waals surface area contributed by atoms with Gasteiger partial charge < -0.3 is 24.3 Å². The summed E-state index contributed by atoms with van der Waals surface area (Å²) in [6.45, 7) is 1.61. The molecule has 0 radical (unpaired) electrons. The van der Waals surface area contributed by atoms with Gasteiger partial charge in [0.1, 0.15) is 17.6 Å². The highest BCUT2D eigenvalue weighted by Crippen LogP contribution is 2.42. The summed E-state index contributed by atoms with van der Waals surface area (Å²) < 4.78 is 23.6. The first-order valence-corrected chi connectivity index (χ1v) is 9.59. The van der Waals surface area contributed by atoms with Crippen molar-refractivity contribution in [1.29, 1.82) is 0 Å². The van der Waals surface area contributed by atoms with Crippen LogP contribution in [0.25, 0.3) is 0 Å². The predicted molar refractivity (Wildman–Crippen MR) is 103 cm³/mol. The van der Waals surface area contributed by atoms with Crippen molar-refractivity contribution in [2.45, 2.75) is 37.2 Å². The fourth-order valence-electron chi connectivity index (χ4n) is 3.97. The number of piperidine rings is 1. The molecule has 2 fully saturated rings. The molecule has 2 unspecified atom stereocenters. The Morgan fingerprint density at radius 2 is 1.48 bits per heavy atom. The van der Waals surface area contributed by atoms with E-state index in [4.69, 9.17) is 18.9 Å². The largest absolute Gasteiger partial charge is 0.497 e. The van der Waals surface area contributed by atoms with Crippen molar-refractivity contribution in [2.75, 3.05) is 27.4 Å². The zero-order chi connectivity index (χ0) is 18.7. The third kappa shape index (κ3) is 3.55. The fourth-order valence-corrected chi connectivity index (χ4v) is 3.97. The van der Waals surface area contributed by atoms with E-state index in [0.717, 1.165) is 35.6 Å². The Bertz CT molecular complexity index is 690. The van der Waals surface area contributed by atoms with Gasteiger partial charge in [0.05, 0.1) is 20.8 Å². The van der Waals surface area contributed by atoms with Crippen LogP contribution < -0.4 is 14.8 Å². The van der Waals surface area contributed by atoms with Crippen LogP contribution in [-0.2, 0) is 15.3 Å². The molecule has 5 heteroatoms. The maximum absolute atomic E-state index is 6.64. The van der Waals surface area contributed by atoms with Crippen LogP contribution in [0.5, 0.6) is 11.5 Å². The molecule has 2 saturated heterocycles. The molecular weight excluding hydrogens is 342 g/mol. The Balaban J connectivity index is 1.68. The van der Waals surface area contributed by atoms with E-state index in [1.807, 2.05) is 48.5 Å². The Hall–Kier alpha value is -2.08. The Labute approximate surface area is 160 Å². The topological polar surface area (TPSA) is 49.0 Å². The van der Waals surface area contributed by atoms with Crippen LogP contribution in [0.3, 0.4) is 0 Å². The molecule has 0 saturated carbocycles. The SMILES string of the molecule is COc1ccc(C2(c3ccc(OC)cc3)OCC(C3CCCCN3)O2)cc1. The summed E-state index contributed by atoms with van der Waals surface area (Å²) in [6, 6.07) is 16.2. The van der Waals surface area contributed by atoms with Gasteiger partial charge in [0.2, 0.25) is 5.79 Å². The van der Waals surface area contributed by atoms with Crippen LogP contribution in [-0.4, -0.2) is 39.5 Å². The zero-order valence-corrected chi connectivity index (χ0v) is 15.9. The van der Waals surface area contributed by atoms with Gasteiger partial charge in [0.15, 0.2) is 0 Å². The number of nitrogens with one attached hydrogen (secondary N) is 1. The third-order valence-corrected chi connectivity index (χ3v) is 5.51. The van der Waals surface area contributed by atoms with E-state index in [1.54, 1.807) is 14.2 Å². The molecule has 1 N–H and O–H groups in total. The van der Waals surface area contributed by atoms with Crippen LogP contribution in [0.4, 0.5) is 0 Å². The molecule has 2 aliphatic heterocycles. The maximum atomic E-state index is 6.64. The molecule has 2 heterocycles. The molecule has 27 heavy (non-hydrogen) atoms. The summed E-state index contributed by atoms with van der Waals surface area (Å²) in [6.07, 6.45) is 3.60. The summed E-state index contributed by atoms with van der Waals surface area (Å²) in [4.78, 5) is 0. The summed E-state index contributed by atoms with van der Waals surface area (Å²) in [7, 11) is 3.34. The van der Waals surface area contributed by atoms with Gasteiger partial charge in [-0.1, -0.05) is 6.42 Å². The fraction of sp³-hybridized carbons (Fsp3) is 0.455. The highest BCUT2D eigenvalue weighted by molar-refractivity contribution is 5.40. The van der Waals surface area contributed by atoms with E-state index in [2.05, 4.69) is 5.32 Å². The second-order valence-corrected chi connectivity index (χ2v) is 7.10. The van der Waals surface area contributed by atoms with Crippen molar-refractivity contribution < 1.29 is 18.9 Å². The summed E-state index contributed by atoms with van der Waals surface area (Å²) in [5, 5.41) is 3.59. The third-order valence-electron chi connectivity index (χ3n) is 5.51. The number of hydrogen-bond acceptors (Lipinski definition) is 5. The molecule has 2 aromatic rings. The predicted octanol–water partition coefficient (Wildman–Crippen LogP) is 3.46. The average molecular weight is 369 g/mol. The normalized spacial score (nSPS) is 24.5. The van der Waals surface area contributed by atoms with E-state index in [-0.39, 0.29) is 6.10 Å². The standard InChI is InChI=1S/C22H27NO4/c1-24-18-10-6-16(7-11-18)22(17-8-12-19(25-2)13-9-17)26-15-21(27-22)20-5-3-4-14-23-20/h6-13,20-21,23H,3-5,14-15H2,1-2H3. The first-order valence-electron chi connectivity index (χ1n) is 9.59. The van der Waals surface area contributed by atoms with Gasteiger partial charge in [-0.25, -0.2) is 0 Å². The van der Waals surface area contributed by atoms with E-state index in [0.29, 0.717) is 12.6 Å². The maximum Gasteiger partial charge on any atom is 0.222 e. The Morgan fingerprint density at radius 3 is 1.96 bits per heavy atom. The van der Waals surface area contributed by atoms with Crippen LogP contribution in [0, 0.1) is 0 Å². The molecule has 0 amide bonds. The molecule has 0 aromatic heterocycles. The molecule has 2 atom stereocenters. The number of benzene rings is 2. The number of rotatable bonds is 5. The van der Waals surface area contributed by atoms with Crippen LogP contribution >= 0.6 is 0 Å². The molecule has 0 aliphatic carbocycles. The monoisotopic (exact) mass is 369 g/mol. The van der Waals surface area contributed by atoms with Crippen molar-refractivity contribution in [3.8, 4) is 11.5 Å². The lowest BCUT2D eigenvalue weighted by Gasteiger charge is -2.32. The Kier molecular flexibility index (Phi) is 5.34. The first-order chi connectivity index (χ1) is 13.2. The lowest BCUT2D eigenvalue weighted by molar-refractivity contribution is -0.146. The van der Waals surface area contributed by atoms with E-state index in [1.165, 1.54) is 12.8 Å². The number of ether oxygens (including phenoxy) is 4. The van der Waals surface area contributed by atoms with Gasteiger partial charge in [-0.15, -0.1) is 0 Å². The van der Waals surface area contributed by atoms with Crippen molar-refractivity contribution in [1.82, 2.24) is 5.32 Å². The first kappa shape index (κ1) is 18.3. The zero-order valence-electron chi connectivity index (χ0n) is 15.9. The minimum atomic E-state index is -0.914. The van der Waals surface area contributed by atoms with Gasteiger partial charge in [-0.05, 0) is 67.9 Å². The molecule has 144 valence electrons. The van der Waals surface area contributed by atoms with Gasteiger partial charge in [0, 0.05) is 17.2 Å². The molecule has 4 rings (SSSR count). The van der Waals surface area contributed by atoms with Crippen molar-refractivity contribution in [3.63, 3.8) is 0 Å². The highest BCUT2D eigenvalue weighted by atomic mass is 16.7. The van der Waals surface area contributed by atoms with Crippen LogP contribution in [0.15, 0.2) is 48.5 Å². The second-order valence-electron chi connectivity index (χ2n) is 7.10. The lowest BCUT2D eigenvalue weighted by Crippen LogP contribution is -2.45. The molecule has 2 aromatic carbocycles. The quantitative estimate of drug-likeness (QED) is 0.875. The van der Waals surface area contributed by atoms with Crippen LogP contribution in [0.2, 0.25) is 0 Å². The van der Waals surface area contributed by atoms with Crippen molar-refractivity contribution in [3.05, 3.63) is 59.7 Å². The van der Waals surface area contributed by atoms with Gasteiger partial charge in [-0.2, -0.15) is 0 Å². The number of hydrogen-bond donors (Lipinski definition) is 1. The van der Waals surface area contributed by atoms with E-state index < -0.39 is 5.79 Å². The van der Waals surface area contributed by atoms with Crippen LogP contribution in [0.1, 0.15) is 30.4 Å². The number of methoxy groups -OCH3 is 2. The second kappa shape index (κ2) is 7.89. The molecule has 0 spiro atoms. The van der Waals surface area contributed by atoms with E-state index >= 15 is 0 Å². The summed E-state index contributed by atoms with van der Waals surface area (Å²) >= 11 is 0. The van der Waals surface area contributed by atoms with Gasteiger partial charge >= 0.3 is 0 Å². The molecular formula is C22H27NO4. The summed E-state index contributed by atoms with van der Waals surface area (Å²) in [5.74, 6) is 0.710. The minimum Gasteiger partial charge on any atom is -0.497 e. The van der Waals surface area contributed by atoms with E-state index in [9.17, 15) is 0 Å². The van der Waals surface area contributed by atoms with Gasteiger partial charge in [-0.3, -0.25) is 0 Å². The van der Waals surface area contributed by atoms with Gasteiger partial charge in [0.25, 0.3) is 0 Å². The molecule has 2 aliphatic rings. The Morgan fingerprint density at radius 1 is 0.889 bits per heavy atom. The minimum absolute atomic E-state index is 0.0227. The molecule has 5 nitrogen and oxygen atoms in total. The summed E-state index contributed by atoms with van der Waals surface area (Å²) in [5.41, 5.74) is 1.93. The van der Waals surface area contributed by atoms with Crippen molar-refractivity contribution >= 4 is 0 Å². The lowest BCUT2D eigenvalue weighted by atomic mass is 9.96.